The summed E-state index contributed by atoms with van der Waals surface area (Å²) in [5.74, 6) is -0.784. The topological polar surface area (TPSA) is 64.0 Å². The minimum atomic E-state index is -0.547. The van der Waals surface area contributed by atoms with Gasteiger partial charge in [0.2, 0.25) is 5.91 Å². The van der Waals surface area contributed by atoms with Crippen LogP contribution in [0.2, 0.25) is 5.02 Å². The molecule has 0 unspecified atom stereocenters. The second-order valence-electron chi connectivity index (χ2n) is 6.59. The molecule has 28 heavy (non-hydrogen) atoms. The lowest BCUT2D eigenvalue weighted by atomic mass is 10.2. The van der Waals surface area contributed by atoms with E-state index >= 15 is 0 Å². The van der Waals surface area contributed by atoms with Gasteiger partial charge in [0.15, 0.2) is 5.16 Å². The maximum atomic E-state index is 13.2. The summed E-state index contributed by atoms with van der Waals surface area (Å²) < 4.78 is 14.9. The number of carbonyl (C=O) groups excluding carboxylic acids is 1. The van der Waals surface area contributed by atoms with Crippen molar-refractivity contribution < 1.29 is 9.18 Å². The number of halogens is 2. The van der Waals surface area contributed by atoms with Gasteiger partial charge in [-0.05, 0) is 51.5 Å². The molecule has 0 saturated carbocycles. The van der Waals surface area contributed by atoms with Crippen LogP contribution in [0.25, 0.3) is 10.2 Å². The number of hydrogen-bond acceptors (Lipinski definition) is 5. The summed E-state index contributed by atoms with van der Waals surface area (Å²) in [5, 5.41) is 3.76. The Morgan fingerprint density at radius 3 is 2.75 bits per heavy atom. The van der Waals surface area contributed by atoms with Crippen LogP contribution in [0.3, 0.4) is 0 Å². The monoisotopic (exact) mass is 439 g/mol. The van der Waals surface area contributed by atoms with Crippen molar-refractivity contribution in [1.82, 2.24) is 9.55 Å². The maximum Gasteiger partial charge on any atom is 0.263 e. The lowest BCUT2D eigenvalue weighted by Crippen LogP contribution is -2.25. The fourth-order valence-corrected chi connectivity index (χ4v) is 4.93. The van der Waals surface area contributed by atoms with E-state index in [2.05, 4.69) is 10.3 Å². The molecule has 1 amide bonds. The molecule has 1 N–H and O–H groups in total. The third-order valence-electron chi connectivity index (χ3n) is 4.25. The van der Waals surface area contributed by atoms with E-state index in [9.17, 15) is 14.0 Å². The first-order valence-corrected chi connectivity index (χ1v) is 10.8. The molecule has 2 aromatic heterocycles. The standard InChI is InChI=1S/C19H19ClFN3O2S2/c1-9(2)24-18(26)16-10(3)11(4)28-17(16)23-19(24)27-8-15(25)22-12-5-6-14(21)13(20)7-12/h5-7,9H,8H2,1-4H3,(H,22,25). The Kier molecular flexibility index (Phi) is 6.12. The number of hydrogen-bond donors (Lipinski definition) is 1. The molecule has 0 spiro atoms. The molecule has 0 aliphatic rings. The van der Waals surface area contributed by atoms with Gasteiger partial charge in [-0.15, -0.1) is 11.3 Å². The molecule has 0 aliphatic carbocycles. The van der Waals surface area contributed by atoms with Gasteiger partial charge in [0.05, 0.1) is 16.2 Å². The number of benzene rings is 1. The average molecular weight is 440 g/mol. The van der Waals surface area contributed by atoms with Crippen LogP contribution in [-0.4, -0.2) is 21.2 Å². The zero-order valence-electron chi connectivity index (χ0n) is 15.8. The fraction of sp³-hybridized carbons (Fsp3) is 0.316. The minimum absolute atomic E-state index is 0.0585. The molecule has 0 aliphatic heterocycles. The van der Waals surface area contributed by atoms with E-state index in [1.807, 2.05) is 27.7 Å². The Morgan fingerprint density at radius 1 is 1.39 bits per heavy atom. The van der Waals surface area contributed by atoms with Gasteiger partial charge in [0.25, 0.3) is 5.56 Å². The van der Waals surface area contributed by atoms with Gasteiger partial charge >= 0.3 is 0 Å². The number of carbonyl (C=O) groups is 1. The summed E-state index contributed by atoms with van der Waals surface area (Å²) in [6.45, 7) is 7.72. The van der Waals surface area contributed by atoms with Gasteiger partial charge < -0.3 is 5.32 Å². The van der Waals surface area contributed by atoms with Crippen molar-refractivity contribution in [2.75, 3.05) is 11.1 Å². The molecule has 0 fully saturated rings. The highest BCUT2D eigenvalue weighted by Gasteiger charge is 2.19. The predicted octanol–water partition coefficient (Wildman–Crippen LogP) is 5.18. The number of aryl methyl sites for hydroxylation is 2. The zero-order valence-corrected chi connectivity index (χ0v) is 18.2. The number of anilines is 1. The van der Waals surface area contributed by atoms with Crippen LogP contribution in [0.1, 0.15) is 30.3 Å². The number of fused-ring (bicyclic) bond motifs is 1. The van der Waals surface area contributed by atoms with Gasteiger partial charge in [-0.25, -0.2) is 9.37 Å². The second-order valence-corrected chi connectivity index (χ2v) is 9.15. The Balaban J connectivity index is 1.85. The van der Waals surface area contributed by atoms with Gasteiger partial charge in [-0.3, -0.25) is 14.2 Å². The van der Waals surface area contributed by atoms with Gasteiger partial charge in [0.1, 0.15) is 10.6 Å². The van der Waals surface area contributed by atoms with Crippen LogP contribution in [-0.2, 0) is 4.79 Å². The van der Waals surface area contributed by atoms with Crippen molar-refractivity contribution >= 4 is 56.5 Å². The van der Waals surface area contributed by atoms with E-state index in [0.717, 1.165) is 10.4 Å². The second kappa shape index (κ2) is 8.23. The molecule has 0 atom stereocenters. The smallest absolute Gasteiger partial charge is 0.263 e. The van der Waals surface area contributed by atoms with E-state index in [0.29, 0.717) is 21.1 Å². The molecule has 148 valence electrons. The molecule has 0 saturated heterocycles. The Hall–Kier alpha value is -1.90. The molecule has 0 bridgehead atoms. The molecular weight excluding hydrogens is 421 g/mol. The Bertz CT molecular complexity index is 1120. The summed E-state index contributed by atoms with van der Waals surface area (Å²) in [6, 6.07) is 3.89. The van der Waals surface area contributed by atoms with Crippen LogP contribution in [0.4, 0.5) is 10.1 Å². The number of aromatic nitrogens is 2. The van der Waals surface area contributed by atoms with Crippen LogP contribution in [0.15, 0.2) is 28.2 Å². The number of nitrogens with zero attached hydrogens (tertiary/aromatic N) is 2. The number of rotatable bonds is 5. The summed E-state index contributed by atoms with van der Waals surface area (Å²) in [4.78, 5) is 31.7. The molecule has 1 aromatic carbocycles. The number of nitrogens with one attached hydrogen (secondary N) is 1. The molecule has 0 radical (unpaired) electrons. The molecule has 3 rings (SSSR count). The first-order valence-electron chi connectivity index (χ1n) is 8.59. The highest BCUT2D eigenvalue weighted by molar-refractivity contribution is 7.99. The third kappa shape index (κ3) is 4.09. The average Bonchev–Trinajstić information content (AvgIpc) is 2.90. The van der Waals surface area contributed by atoms with E-state index in [4.69, 9.17) is 11.6 Å². The first kappa shape index (κ1) is 20.8. The lowest BCUT2D eigenvalue weighted by molar-refractivity contribution is -0.113. The number of thiophene rings is 1. The number of amides is 1. The molecule has 5 nitrogen and oxygen atoms in total. The lowest BCUT2D eigenvalue weighted by Gasteiger charge is -2.15. The SMILES string of the molecule is Cc1sc2nc(SCC(=O)Nc3ccc(F)c(Cl)c3)n(C(C)C)c(=O)c2c1C. The van der Waals surface area contributed by atoms with Crippen molar-refractivity contribution in [3.8, 4) is 0 Å². The normalized spacial score (nSPS) is 11.4. The Morgan fingerprint density at radius 2 is 2.11 bits per heavy atom. The van der Waals surface area contributed by atoms with Crippen molar-refractivity contribution in [3.63, 3.8) is 0 Å². The van der Waals surface area contributed by atoms with Gasteiger partial charge in [0, 0.05) is 16.6 Å². The molecular formula is C19H19ClFN3O2S2. The van der Waals surface area contributed by atoms with E-state index < -0.39 is 5.82 Å². The maximum absolute atomic E-state index is 13.2. The van der Waals surface area contributed by atoms with Crippen molar-refractivity contribution in [2.24, 2.45) is 0 Å². The van der Waals surface area contributed by atoms with Crippen LogP contribution >= 0.6 is 34.7 Å². The van der Waals surface area contributed by atoms with Crippen LogP contribution in [0.5, 0.6) is 0 Å². The summed E-state index contributed by atoms with van der Waals surface area (Å²) >= 11 is 8.41. The Labute approximate surface area is 174 Å². The van der Waals surface area contributed by atoms with E-state index in [-0.39, 0.29) is 28.3 Å². The van der Waals surface area contributed by atoms with Crippen molar-refractivity contribution in [1.29, 1.82) is 0 Å². The molecule has 9 heteroatoms. The summed E-state index contributed by atoms with van der Waals surface area (Å²) in [5.41, 5.74) is 1.27. The first-order chi connectivity index (χ1) is 13.2. The number of thioether (sulfide) groups is 1. The quantitative estimate of drug-likeness (QED) is 0.439. The highest BCUT2D eigenvalue weighted by atomic mass is 35.5. The molecule has 2 heterocycles. The predicted molar refractivity (Wildman–Crippen MR) is 115 cm³/mol. The van der Waals surface area contributed by atoms with Crippen LogP contribution in [0, 0.1) is 19.7 Å². The highest BCUT2D eigenvalue weighted by Crippen LogP contribution is 2.29. The molecule has 3 aromatic rings. The van der Waals surface area contributed by atoms with E-state index in [1.54, 1.807) is 4.57 Å². The summed E-state index contributed by atoms with van der Waals surface area (Å²) in [7, 11) is 0. The van der Waals surface area contributed by atoms with E-state index in [1.165, 1.54) is 41.3 Å². The van der Waals surface area contributed by atoms with Gasteiger partial charge in [-0.1, -0.05) is 23.4 Å². The van der Waals surface area contributed by atoms with Gasteiger partial charge in [-0.2, -0.15) is 0 Å². The third-order valence-corrected chi connectivity index (χ3v) is 6.60. The summed E-state index contributed by atoms with van der Waals surface area (Å²) in [6.07, 6.45) is 0. The van der Waals surface area contributed by atoms with Crippen molar-refractivity contribution in [3.05, 3.63) is 49.8 Å². The zero-order chi connectivity index (χ0) is 20.6. The van der Waals surface area contributed by atoms with Crippen molar-refractivity contribution in [2.45, 2.75) is 38.9 Å². The largest absolute Gasteiger partial charge is 0.325 e. The van der Waals surface area contributed by atoms with Crippen LogP contribution < -0.4 is 10.9 Å². The fourth-order valence-electron chi connectivity index (χ4n) is 2.75. The minimum Gasteiger partial charge on any atom is -0.325 e.